The minimum absolute atomic E-state index is 0.00750. The monoisotopic (exact) mass is 560 g/mol. The summed E-state index contributed by atoms with van der Waals surface area (Å²) in [5.74, 6) is 1.33. The number of aromatic nitrogens is 3. The van der Waals surface area contributed by atoms with E-state index in [0.29, 0.717) is 22.6 Å². The van der Waals surface area contributed by atoms with Crippen LogP contribution in [0.25, 0.3) is 0 Å². The molecule has 3 aromatic rings. The number of sulfonamides is 1. The molecule has 1 aliphatic rings. The fourth-order valence-corrected chi connectivity index (χ4v) is 6.19. The number of hydrogen-bond donors (Lipinski definition) is 1. The van der Waals surface area contributed by atoms with Crippen LogP contribution >= 0.6 is 15.9 Å². The number of aliphatic hydroxyl groups is 1. The molecule has 10 heteroatoms. The smallest absolute Gasteiger partial charge is 0.244 e. The highest BCUT2D eigenvalue weighted by atomic mass is 79.9. The molecule has 1 aromatic carbocycles. The van der Waals surface area contributed by atoms with E-state index in [1.807, 2.05) is 24.3 Å². The van der Waals surface area contributed by atoms with Gasteiger partial charge in [0.05, 0.1) is 29.5 Å². The number of nitrogens with zero attached hydrogens (tertiary/aromatic N) is 4. The highest BCUT2D eigenvalue weighted by molar-refractivity contribution is 9.10. The van der Waals surface area contributed by atoms with Crippen LogP contribution in [0.3, 0.4) is 0 Å². The molecule has 186 valence electrons. The van der Waals surface area contributed by atoms with E-state index in [1.165, 1.54) is 22.1 Å². The molecule has 4 rings (SSSR count). The van der Waals surface area contributed by atoms with Crippen molar-refractivity contribution in [2.24, 2.45) is 0 Å². The van der Waals surface area contributed by atoms with Crippen LogP contribution in [0.2, 0.25) is 0 Å². The molecular weight excluding hydrogens is 532 g/mol. The standard InChI is InChI=1S/C25H29BrN4O4S/c1-16(2)18-8-10-19(11-9-18)34-25-22(26)12-20(13-27-25)35(32,33)29(4)23-6-5-7-24-21(23)14-28-30(24)15-17(3)31/h8-14,16,23,31H,3,5-7,15H2,1-2,4H3/t23-/m1/s1. The molecule has 8 nitrogen and oxygen atoms in total. The minimum Gasteiger partial charge on any atom is -0.511 e. The summed E-state index contributed by atoms with van der Waals surface area (Å²) < 4.78 is 36.3. The molecule has 0 spiro atoms. The average molecular weight is 562 g/mol. The molecule has 2 heterocycles. The highest BCUT2D eigenvalue weighted by Crippen LogP contribution is 2.37. The Kier molecular flexibility index (Phi) is 7.35. The van der Waals surface area contributed by atoms with E-state index in [1.54, 1.807) is 17.9 Å². The van der Waals surface area contributed by atoms with Crippen molar-refractivity contribution in [2.75, 3.05) is 7.05 Å². The molecule has 0 radical (unpaired) electrons. The van der Waals surface area contributed by atoms with Crippen LogP contribution in [0.4, 0.5) is 0 Å². The number of hydrogen-bond acceptors (Lipinski definition) is 6. The molecule has 0 bridgehead atoms. The first-order chi connectivity index (χ1) is 16.6. The number of ether oxygens (including phenoxy) is 1. The summed E-state index contributed by atoms with van der Waals surface area (Å²) in [6.07, 6.45) is 5.26. The Morgan fingerprint density at radius 1 is 1.31 bits per heavy atom. The van der Waals surface area contributed by atoms with Crippen molar-refractivity contribution in [3.63, 3.8) is 0 Å². The highest BCUT2D eigenvalue weighted by Gasteiger charge is 2.34. The van der Waals surface area contributed by atoms with E-state index in [0.717, 1.165) is 24.1 Å². The molecule has 1 N–H and O–H groups in total. The van der Waals surface area contributed by atoms with Gasteiger partial charge < -0.3 is 9.84 Å². The average Bonchev–Trinajstić information content (AvgIpc) is 3.22. The van der Waals surface area contributed by atoms with Crippen LogP contribution in [-0.2, 0) is 23.0 Å². The molecule has 0 aliphatic heterocycles. The van der Waals surface area contributed by atoms with Gasteiger partial charge in [0.1, 0.15) is 16.4 Å². The molecule has 0 saturated heterocycles. The summed E-state index contributed by atoms with van der Waals surface area (Å²) in [4.78, 5) is 4.34. The predicted octanol–water partition coefficient (Wildman–Crippen LogP) is 5.73. The van der Waals surface area contributed by atoms with Crippen LogP contribution in [0.1, 0.15) is 55.5 Å². The van der Waals surface area contributed by atoms with Crippen molar-refractivity contribution in [1.29, 1.82) is 0 Å². The zero-order valence-corrected chi connectivity index (χ0v) is 22.4. The normalized spacial score (nSPS) is 15.9. The summed E-state index contributed by atoms with van der Waals surface area (Å²) in [5.41, 5.74) is 2.97. The van der Waals surface area contributed by atoms with Gasteiger partial charge in [0.25, 0.3) is 0 Å². The Labute approximate surface area is 214 Å². The number of benzene rings is 1. The Hall–Kier alpha value is -2.69. The van der Waals surface area contributed by atoms with Crippen LogP contribution < -0.4 is 4.74 Å². The Bertz CT molecular complexity index is 1340. The topological polar surface area (TPSA) is 97.6 Å². The van der Waals surface area contributed by atoms with Crippen molar-refractivity contribution >= 4 is 26.0 Å². The van der Waals surface area contributed by atoms with Crippen molar-refractivity contribution in [3.8, 4) is 11.6 Å². The van der Waals surface area contributed by atoms with Gasteiger partial charge in [-0.15, -0.1) is 0 Å². The summed E-state index contributed by atoms with van der Waals surface area (Å²) in [6, 6.07) is 8.89. The van der Waals surface area contributed by atoms with Gasteiger partial charge in [0.2, 0.25) is 15.9 Å². The predicted molar refractivity (Wildman–Crippen MR) is 137 cm³/mol. The first-order valence-corrected chi connectivity index (χ1v) is 13.6. The maximum Gasteiger partial charge on any atom is 0.244 e. The van der Waals surface area contributed by atoms with Crippen LogP contribution in [-0.4, -0.2) is 39.6 Å². The van der Waals surface area contributed by atoms with Crippen molar-refractivity contribution in [3.05, 3.63) is 76.4 Å². The molecule has 0 amide bonds. The van der Waals surface area contributed by atoms with Gasteiger partial charge in [0.15, 0.2) is 0 Å². The summed E-state index contributed by atoms with van der Waals surface area (Å²) in [7, 11) is -2.27. The number of rotatable bonds is 8. The lowest BCUT2D eigenvalue weighted by Gasteiger charge is -2.31. The van der Waals surface area contributed by atoms with Gasteiger partial charge in [0, 0.05) is 18.3 Å². The van der Waals surface area contributed by atoms with Crippen molar-refractivity contribution < 1.29 is 18.3 Å². The maximum absolute atomic E-state index is 13.5. The molecule has 2 aromatic heterocycles. The first kappa shape index (κ1) is 25.4. The van der Waals surface area contributed by atoms with Crippen molar-refractivity contribution in [2.45, 2.75) is 56.5 Å². The molecule has 1 aliphatic carbocycles. The van der Waals surface area contributed by atoms with E-state index in [9.17, 15) is 13.5 Å². The van der Waals surface area contributed by atoms with Gasteiger partial charge in [-0.25, -0.2) is 13.4 Å². The lowest BCUT2D eigenvalue weighted by atomic mass is 9.93. The van der Waals surface area contributed by atoms with Crippen LogP contribution in [0, 0.1) is 0 Å². The largest absolute Gasteiger partial charge is 0.511 e. The summed E-state index contributed by atoms with van der Waals surface area (Å²) in [5, 5.41) is 13.9. The molecular formula is C25H29BrN4O4S. The molecule has 0 unspecified atom stereocenters. The number of aliphatic hydroxyl groups excluding tert-OH is 1. The number of allylic oxidation sites excluding steroid dienone is 1. The zero-order chi connectivity index (χ0) is 25.3. The fraction of sp³-hybridized carbons (Fsp3) is 0.360. The van der Waals surface area contributed by atoms with Gasteiger partial charge in [-0.1, -0.05) is 32.6 Å². The maximum atomic E-state index is 13.5. The van der Waals surface area contributed by atoms with Gasteiger partial charge in [-0.3, -0.25) is 4.68 Å². The van der Waals surface area contributed by atoms with Crippen LogP contribution in [0.5, 0.6) is 11.6 Å². The summed E-state index contributed by atoms with van der Waals surface area (Å²) in [6.45, 7) is 7.97. The first-order valence-electron chi connectivity index (χ1n) is 11.4. The lowest BCUT2D eigenvalue weighted by Crippen LogP contribution is -2.33. The molecule has 0 fully saturated rings. The number of halogens is 1. The SMILES string of the molecule is C=C(O)Cn1ncc2c1CCC[C@H]2N(C)S(=O)(=O)c1cnc(Oc2ccc(C(C)C)cc2)c(Br)c1. The minimum atomic E-state index is -3.84. The fourth-order valence-electron chi connectivity index (χ4n) is 4.27. The van der Waals surface area contributed by atoms with Gasteiger partial charge in [-0.05, 0) is 64.9 Å². The van der Waals surface area contributed by atoms with Gasteiger partial charge >= 0.3 is 0 Å². The second kappa shape index (κ2) is 10.1. The third-order valence-corrected chi connectivity index (χ3v) is 8.62. The Morgan fingerprint density at radius 3 is 2.66 bits per heavy atom. The Morgan fingerprint density at radius 2 is 2.03 bits per heavy atom. The molecule has 35 heavy (non-hydrogen) atoms. The number of pyridine rings is 1. The Balaban J connectivity index is 1.56. The lowest BCUT2D eigenvalue weighted by molar-refractivity contribution is 0.329. The second-order valence-corrected chi connectivity index (χ2v) is 11.8. The summed E-state index contributed by atoms with van der Waals surface area (Å²) >= 11 is 3.42. The molecule has 1 atom stereocenters. The molecule has 0 saturated carbocycles. The van der Waals surface area contributed by atoms with Crippen LogP contribution in [0.15, 0.2) is 64.4 Å². The van der Waals surface area contributed by atoms with E-state index < -0.39 is 10.0 Å². The number of fused-ring (bicyclic) bond motifs is 1. The second-order valence-electron chi connectivity index (χ2n) is 8.98. The van der Waals surface area contributed by atoms with E-state index >= 15 is 0 Å². The van der Waals surface area contributed by atoms with E-state index in [-0.39, 0.29) is 29.1 Å². The van der Waals surface area contributed by atoms with E-state index in [4.69, 9.17) is 4.74 Å². The van der Waals surface area contributed by atoms with Crippen molar-refractivity contribution in [1.82, 2.24) is 19.1 Å². The quantitative estimate of drug-likeness (QED) is 0.353. The third kappa shape index (κ3) is 5.29. The zero-order valence-electron chi connectivity index (χ0n) is 20.0. The van der Waals surface area contributed by atoms with Gasteiger partial charge in [-0.2, -0.15) is 9.40 Å². The third-order valence-electron chi connectivity index (χ3n) is 6.22. The van der Waals surface area contributed by atoms with E-state index in [2.05, 4.69) is 46.4 Å².